The Morgan fingerprint density at radius 1 is 1.19 bits per heavy atom. The van der Waals surface area contributed by atoms with Crippen LogP contribution < -0.4 is 0 Å². The smallest absolute Gasteiger partial charge is 0.255 e. The van der Waals surface area contributed by atoms with Gasteiger partial charge in [0.25, 0.3) is 5.91 Å². The molecule has 1 aliphatic carbocycles. The van der Waals surface area contributed by atoms with Gasteiger partial charge in [0.1, 0.15) is 0 Å². The maximum Gasteiger partial charge on any atom is 0.255 e. The van der Waals surface area contributed by atoms with Crippen molar-refractivity contribution < 1.29 is 4.79 Å². The molecule has 0 atom stereocenters. The highest BCUT2D eigenvalue weighted by molar-refractivity contribution is 7.99. The van der Waals surface area contributed by atoms with Crippen LogP contribution in [0.4, 0.5) is 0 Å². The van der Waals surface area contributed by atoms with Gasteiger partial charge >= 0.3 is 0 Å². The molecule has 0 aromatic heterocycles. The number of carbonyl (C=O) groups excluding carboxylic acids is 1. The summed E-state index contributed by atoms with van der Waals surface area (Å²) in [4.78, 5) is 16.2. The van der Waals surface area contributed by atoms with Crippen LogP contribution >= 0.6 is 11.8 Å². The van der Waals surface area contributed by atoms with Crippen LogP contribution in [0.5, 0.6) is 0 Å². The van der Waals surface area contributed by atoms with Gasteiger partial charge in [-0.05, 0) is 44.1 Å². The predicted molar refractivity (Wildman–Crippen MR) is 91.0 cm³/mol. The molecule has 21 heavy (non-hydrogen) atoms. The number of hydrogen-bond acceptors (Lipinski definition) is 2. The number of benzene rings is 1. The van der Waals surface area contributed by atoms with E-state index in [1.54, 1.807) is 11.8 Å². The first-order valence-electron chi connectivity index (χ1n) is 8.30. The largest absolute Gasteiger partial charge is 0.336 e. The topological polar surface area (TPSA) is 20.3 Å². The highest BCUT2D eigenvalue weighted by Gasteiger charge is 2.26. The van der Waals surface area contributed by atoms with Gasteiger partial charge in [-0.1, -0.05) is 38.3 Å². The third kappa shape index (κ3) is 4.26. The Balaban J connectivity index is 2.16. The van der Waals surface area contributed by atoms with Gasteiger partial charge in [-0.2, -0.15) is 0 Å². The van der Waals surface area contributed by atoms with Crippen molar-refractivity contribution in [2.45, 2.75) is 63.3 Å². The molecule has 1 aromatic rings. The fourth-order valence-corrected chi connectivity index (χ4v) is 4.01. The van der Waals surface area contributed by atoms with Crippen LogP contribution in [0.3, 0.4) is 0 Å². The van der Waals surface area contributed by atoms with E-state index in [2.05, 4.69) is 24.8 Å². The van der Waals surface area contributed by atoms with Crippen molar-refractivity contribution >= 4 is 17.7 Å². The number of thioether (sulfide) groups is 1. The van der Waals surface area contributed by atoms with E-state index in [0.29, 0.717) is 6.04 Å². The van der Waals surface area contributed by atoms with Crippen molar-refractivity contribution in [2.24, 2.45) is 0 Å². The van der Waals surface area contributed by atoms with Gasteiger partial charge in [-0.3, -0.25) is 4.79 Å². The van der Waals surface area contributed by atoms with E-state index in [4.69, 9.17) is 0 Å². The van der Waals surface area contributed by atoms with E-state index >= 15 is 0 Å². The average Bonchev–Trinajstić information content (AvgIpc) is 2.55. The van der Waals surface area contributed by atoms with E-state index in [-0.39, 0.29) is 5.91 Å². The molecule has 0 spiro atoms. The molecular weight excluding hydrogens is 278 g/mol. The lowest BCUT2D eigenvalue weighted by molar-refractivity contribution is 0.0644. The van der Waals surface area contributed by atoms with Crippen LogP contribution in [-0.4, -0.2) is 29.1 Å². The normalized spacial score (nSPS) is 15.9. The van der Waals surface area contributed by atoms with Crippen LogP contribution in [0.15, 0.2) is 29.2 Å². The number of hydrogen-bond donors (Lipinski definition) is 0. The molecule has 0 unspecified atom stereocenters. The molecule has 0 N–H and O–H groups in total. The lowest BCUT2D eigenvalue weighted by Gasteiger charge is -2.34. The molecule has 1 saturated carbocycles. The van der Waals surface area contributed by atoms with E-state index in [1.165, 1.54) is 32.1 Å². The molecule has 3 heteroatoms. The molecule has 0 aliphatic heterocycles. The molecule has 2 nitrogen and oxygen atoms in total. The molecule has 0 radical (unpaired) electrons. The summed E-state index contributed by atoms with van der Waals surface area (Å²) in [5, 5.41) is 0. The fraction of sp³-hybridized carbons (Fsp3) is 0.611. The first kappa shape index (κ1) is 16.4. The van der Waals surface area contributed by atoms with E-state index < -0.39 is 0 Å². The van der Waals surface area contributed by atoms with Gasteiger partial charge < -0.3 is 4.90 Å². The van der Waals surface area contributed by atoms with Crippen molar-refractivity contribution in [1.29, 1.82) is 0 Å². The van der Waals surface area contributed by atoms with Gasteiger partial charge in [-0.25, -0.2) is 0 Å². The summed E-state index contributed by atoms with van der Waals surface area (Å²) in [7, 11) is 0. The molecule has 0 bridgehead atoms. The molecule has 2 rings (SSSR count). The lowest BCUT2D eigenvalue weighted by Crippen LogP contribution is -2.41. The second-order valence-corrected chi connectivity index (χ2v) is 6.86. The minimum Gasteiger partial charge on any atom is -0.336 e. The molecule has 116 valence electrons. The third-order valence-electron chi connectivity index (χ3n) is 4.20. The predicted octanol–water partition coefficient (Wildman–Crippen LogP) is 4.98. The van der Waals surface area contributed by atoms with Crippen LogP contribution in [0.1, 0.15) is 62.7 Å². The van der Waals surface area contributed by atoms with Crippen molar-refractivity contribution in [3.05, 3.63) is 29.8 Å². The molecule has 1 amide bonds. The van der Waals surface area contributed by atoms with Crippen molar-refractivity contribution in [3.63, 3.8) is 0 Å². The summed E-state index contributed by atoms with van der Waals surface area (Å²) in [5.74, 6) is 1.29. The maximum atomic E-state index is 13.0. The summed E-state index contributed by atoms with van der Waals surface area (Å²) >= 11 is 1.80. The molecular formula is C18H27NOS. The van der Waals surface area contributed by atoms with E-state index in [9.17, 15) is 4.79 Å². The molecule has 0 heterocycles. The Hall–Kier alpha value is -0.960. The second-order valence-electron chi connectivity index (χ2n) is 5.73. The Morgan fingerprint density at radius 2 is 1.90 bits per heavy atom. The number of carbonyl (C=O) groups is 1. The van der Waals surface area contributed by atoms with E-state index in [1.807, 2.05) is 18.2 Å². The van der Waals surface area contributed by atoms with E-state index in [0.717, 1.165) is 29.2 Å². The summed E-state index contributed by atoms with van der Waals surface area (Å²) < 4.78 is 0. The lowest BCUT2D eigenvalue weighted by atomic mass is 9.93. The zero-order valence-corrected chi connectivity index (χ0v) is 14.1. The fourth-order valence-electron chi connectivity index (χ4n) is 3.10. The van der Waals surface area contributed by atoms with Crippen LogP contribution in [0, 0.1) is 0 Å². The number of nitrogens with zero attached hydrogens (tertiary/aromatic N) is 1. The minimum atomic E-state index is 0.226. The second kappa shape index (κ2) is 8.47. The van der Waals surface area contributed by atoms with Crippen LogP contribution in [-0.2, 0) is 0 Å². The quantitative estimate of drug-likeness (QED) is 0.691. The maximum absolute atomic E-state index is 13.0. The summed E-state index contributed by atoms with van der Waals surface area (Å²) in [5.41, 5.74) is 0.892. The summed E-state index contributed by atoms with van der Waals surface area (Å²) in [6.07, 6.45) is 7.33. The Bertz CT molecular complexity index is 454. The van der Waals surface area contributed by atoms with Crippen molar-refractivity contribution in [2.75, 3.05) is 12.3 Å². The minimum absolute atomic E-state index is 0.226. The standard InChI is InChI=1S/C18H27NOS/c1-3-14-21-17-13-9-8-12-16(17)18(20)19(4-2)15-10-6-5-7-11-15/h8-9,12-13,15H,3-7,10-11,14H2,1-2H3. The SMILES string of the molecule is CCCSc1ccccc1C(=O)N(CC)C1CCCCC1. The third-order valence-corrected chi connectivity index (χ3v) is 5.48. The Morgan fingerprint density at radius 3 is 2.57 bits per heavy atom. The number of rotatable bonds is 6. The zero-order valence-electron chi connectivity index (χ0n) is 13.3. The van der Waals surface area contributed by atoms with Gasteiger partial charge in [0.05, 0.1) is 5.56 Å². The van der Waals surface area contributed by atoms with Crippen LogP contribution in [0.2, 0.25) is 0 Å². The monoisotopic (exact) mass is 305 g/mol. The highest BCUT2D eigenvalue weighted by atomic mass is 32.2. The molecule has 1 fully saturated rings. The molecule has 0 saturated heterocycles. The first-order chi connectivity index (χ1) is 10.3. The van der Waals surface area contributed by atoms with Gasteiger partial charge in [-0.15, -0.1) is 11.8 Å². The van der Waals surface area contributed by atoms with Crippen LogP contribution in [0.25, 0.3) is 0 Å². The van der Waals surface area contributed by atoms with Gasteiger partial charge in [0.2, 0.25) is 0 Å². The summed E-state index contributed by atoms with van der Waals surface area (Å²) in [6.45, 7) is 5.10. The molecule has 1 aromatic carbocycles. The Kier molecular flexibility index (Phi) is 6.62. The highest BCUT2D eigenvalue weighted by Crippen LogP contribution is 2.28. The van der Waals surface area contributed by atoms with Crippen molar-refractivity contribution in [3.8, 4) is 0 Å². The first-order valence-corrected chi connectivity index (χ1v) is 9.29. The van der Waals surface area contributed by atoms with Gasteiger partial charge in [0, 0.05) is 17.5 Å². The number of amides is 1. The van der Waals surface area contributed by atoms with Crippen molar-refractivity contribution in [1.82, 2.24) is 4.90 Å². The zero-order chi connectivity index (χ0) is 15.1. The average molecular weight is 305 g/mol. The Labute approximate surface area is 133 Å². The summed E-state index contributed by atoms with van der Waals surface area (Å²) in [6, 6.07) is 8.54. The van der Waals surface area contributed by atoms with Gasteiger partial charge in [0.15, 0.2) is 0 Å². The molecule has 1 aliphatic rings.